The van der Waals surface area contributed by atoms with Crippen LogP contribution in [0.3, 0.4) is 0 Å². The standard InChI is InChI=1S/C33H36N2O6/c1-21-17-35(20-33(21,3)31(37)38)30(36)29(22(2)40-18-23-11-5-4-6-12-23)34-32(39)41-19-28-26-15-9-7-13-24(26)25-14-8-10-16-27(25)28/h4-16,21-22,28-29H,17-20H2,1-3H3,(H,34,39)(H,37,38)/t21?,22-,29+,33?/m0/s1. The van der Waals surface area contributed by atoms with Crippen molar-refractivity contribution in [3.8, 4) is 11.1 Å². The minimum Gasteiger partial charge on any atom is -0.481 e. The van der Waals surface area contributed by atoms with Crippen LogP contribution in [0.1, 0.15) is 43.4 Å². The molecule has 1 heterocycles. The zero-order valence-corrected chi connectivity index (χ0v) is 23.6. The van der Waals surface area contributed by atoms with Gasteiger partial charge in [-0.1, -0.05) is 85.8 Å². The fraction of sp³-hybridized carbons (Fsp3) is 0.364. The summed E-state index contributed by atoms with van der Waals surface area (Å²) in [6, 6.07) is 24.6. The quantitative estimate of drug-likeness (QED) is 0.381. The molecule has 0 radical (unpaired) electrons. The van der Waals surface area contributed by atoms with E-state index in [1.54, 1.807) is 13.8 Å². The molecule has 0 saturated carbocycles. The number of carbonyl (C=O) groups is 3. The molecule has 41 heavy (non-hydrogen) atoms. The molecule has 3 aromatic rings. The summed E-state index contributed by atoms with van der Waals surface area (Å²) < 4.78 is 11.8. The summed E-state index contributed by atoms with van der Waals surface area (Å²) in [4.78, 5) is 40.4. The van der Waals surface area contributed by atoms with Gasteiger partial charge in [0.2, 0.25) is 5.91 Å². The molecule has 8 nitrogen and oxygen atoms in total. The largest absolute Gasteiger partial charge is 0.481 e. The molecule has 3 aromatic carbocycles. The highest BCUT2D eigenvalue weighted by Gasteiger charge is 2.49. The van der Waals surface area contributed by atoms with Gasteiger partial charge in [0, 0.05) is 19.0 Å². The van der Waals surface area contributed by atoms with Crippen LogP contribution >= 0.6 is 0 Å². The van der Waals surface area contributed by atoms with Crippen molar-refractivity contribution in [1.82, 2.24) is 10.2 Å². The van der Waals surface area contributed by atoms with Crippen LogP contribution < -0.4 is 5.32 Å². The molecule has 1 aliphatic carbocycles. The predicted molar refractivity (Wildman–Crippen MR) is 154 cm³/mol. The minimum absolute atomic E-state index is 0.0522. The highest BCUT2D eigenvalue weighted by molar-refractivity contribution is 5.88. The Morgan fingerprint density at radius 3 is 2.15 bits per heavy atom. The van der Waals surface area contributed by atoms with Gasteiger partial charge in [-0.2, -0.15) is 0 Å². The van der Waals surface area contributed by atoms with Gasteiger partial charge in [-0.15, -0.1) is 0 Å². The number of fused-ring (bicyclic) bond motifs is 3. The second-order valence-electron chi connectivity index (χ2n) is 11.3. The third kappa shape index (κ3) is 5.70. The average molecular weight is 557 g/mol. The smallest absolute Gasteiger partial charge is 0.407 e. The van der Waals surface area contributed by atoms with Crippen molar-refractivity contribution in [2.24, 2.45) is 11.3 Å². The Bertz CT molecular complexity index is 1380. The molecule has 0 spiro atoms. The molecular formula is C33H36N2O6. The third-order valence-electron chi connectivity index (χ3n) is 8.61. The van der Waals surface area contributed by atoms with E-state index < -0.39 is 35.5 Å². The number of likely N-dealkylation sites (tertiary alicyclic amines) is 1. The van der Waals surface area contributed by atoms with Crippen LogP contribution in [-0.2, 0) is 25.7 Å². The number of amides is 2. The Hall–Kier alpha value is -4.17. The maximum atomic E-state index is 13.8. The van der Waals surface area contributed by atoms with Crippen LogP contribution in [0.25, 0.3) is 11.1 Å². The van der Waals surface area contributed by atoms with Gasteiger partial charge in [0.1, 0.15) is 12.6 Å². The van der Waals surface area contributed by atoms with Crippen molar-refractivity contribution >= 4 is 18.0 Å². The molecule has 0 aromatic heterocycles. The maximum Gasteiger partial charge on any atom is 0.407 e. The summed E-state index contributed by atoms with van der Waals surface area (Å²) in [6.07, 6.45) is -1.43. The van der Waals surface area contributed by atoms with Gasteiger partial charge < -0.3 is 24.8 Å². The molecule has 2 amide bonds. The van der Waals surface area contributed by atoms with E-state index in [-0.39, 0.29) is 38.1 Å². The average Bonchev–Trinajstić information content (AvgIpc) is 3.48. The lowest BCUT2D eigenvalue weighted by atomic mass is 9.81. The molecule has 4 atom stereocenters. The first-order valence-electron chi connectivity index (χ1n) is 14.0. The molecule has 1 fully saturated rings. The molecule has 0 bridgehead atoms. The van der Waals surface area contributed by atoms with E-state index >= 15 is 0 Å². The zero-order valence-electron chi connectivity index (χ0n) is 23.6. The predicted octanol–water partition coefficient (Wildman–Crippen LogP) is 5.07. The van der Waals surface area contributed by atoms with Gasteiger partial charge in [0.15, 0.2) is 0 Å². The number of benzene rings is 3. The molecule has 1 saturated heterocycles. The first-order valence-corrected chi connectivity index (χ1v) is 14.0. The van der Waals surface area contributed by atoms with Gasteiger partial charge in [-0.3, -0.25) is 9.59 Å². The summed E-state index contributed by atoms with van der Waals surface area (Å²) in [6.45, 7) is 5.89. The van der Waals surface area contributed by atoms with Crippen LogP contribution in [0.2, 0.25) is 0 Å². The number of carbonyl (C=O) groups excluding carboxylic acids is 2. The summed E-state index contributed by atoms with van der Waals surface area (Å²) in [7, 11) is 0. The second-order valence-corrected chi connectivity index (χ2v) is 11.3. The highest BCUT2D eigenvalue weighted by atomic mass is 16.5. The fourth-order valence-electron chi connectivity index (χ4n) is 5.84. The lowest BCUT2D eigenvalue weighted by Gasteiger charge is -2.29. The van der Waals surface area contributed by atoms with Gasteiger partial charge in [-0.25, -0.2) is 4.79 Å². The number of nitrogens with zero attached hydrogens (tertiary/aromatic N) is 1. The van der Waals surface area contributed by atoms with Crippen LogP contribution in [0.15, 0.2) is 78.9 Å². The number of carboxylic acid groups (broad SMARTS) is 1. The molecule has 214 valence electrons. The normalized spacial score (nSPS) is 21.0. The van der Waals surface area contributed by atoms with Gasteiger partial charge in [0.25, 0.3) is 0 Å². The second kappa shape index (κ2) is 11.7. The van der Waals surface area contributed by atoms with Crippen LogP contribution in [0.4, 0.5) is 4.79 Å². The van der Waals surface area contributed by atoms with E-state index in [0.29, 0.717) is 0 Å². The van der Waals surface area contributed by atoms with Crippen molar-refractivity contribution in [3.05, 3.63) is 95.6 Å². The lowest BCUT2D eigenvalue weighted by Crippen LogP contribution is -2.54. The Labute approximate surface area is 240 Å². The summed E-state index contributed by atoms with van der Waals surface area (Å²) in [5, 5.41) is 12.6. The van der Waals surface area contributed by atoms with Gasteiger partial charge in [0.05, 0.1) is 18.1 Å². The Morgan fingerprint density at radius 2 is 1.56 bits per heavy atom. The van der Waals surface area contributed by atoms with Crippen molar-refractivity contribution in [3.63, 3.8) is 0 Å². The number of aliphatic carboxylic acids is 1. The Morgan fingerprint density at radius 1 is 0.976 bits per heavy atom. The number of hydrogen-bond donors (Lipinski definition) is 2. The van der Waals surface area contributed by atoms with Crippen LogP contribution in [0, 0.1) is 11.3 Å². The fourth-order valence-corrected chi connectivity index (χ4v) is 5.84. The molecule has 8 heteroatoms. The number of hydrogen-bond acceptors (Lipinski definition) is 5. The monoisotopic (exact) mass is 556 g/mol. The van der Waals surface area contributed by atoms with E-state index in [1.165, 1.54) is 4.90 Å². The molecule has 2 aliphatic rings. The van der Waals surface area contributed by atoms with Crippen molar-refractivity contribution < 1.29 is 29.0 Å². The first kappa shape index (κ1) is 28.4. The molecule has 2 N–H and O–H groups in total. The van der Waals surface area contributed by atoms with E-state index in [1.807, 2.05) is 73.7 Å². The maximum absolute atomic E-state index is 13.8. The van der Waals surface area contributed by atoms with Crippen LogP contribution in [0.5, 0.6) is 0 Å². The van der Waals surface area contributed by atoms with Crippen molar-refractivity contribution in [2.45, 2.75) is 45.4 Å². The third-order valence-corrected chi connectivity index (χ3v) is 8.61. The molecule has 5 rings (SSSR count). The van der Waals surface area contributed by atoms with Crippen molar-refractivity contribution in [1.29, 1.82) is 0 Å². The molecular weight excluding hydrogens is 520 g/mol. The number of carboxylic acids is 1. The minimum atomic E-state index is -1.07. The van der Waals surface area contributed by atoms with Crippen LogP contribution in [-0.4, -0.2) is 59.8 Å². The number of nitrogens with one attached hydrogen (secondary N) is 1. The van der Waals surface area contributed by atoms with Gasteiger partial charge >= 0.3 is 12.1 Å². The lowest BCUT2D eigenvalue weighted by molar-refractivity contribution is -0.149. The SMILES string of the molecule is CC1CN(C(=O)[C@H](NC(=O)OCC2c3ccccc3-c3ccccc32)[C@H](C)OCc2ccccc2)CC1(C)C(=O)O. The first-order chi connectivity index (χ1) is 19.7. The van der Waals surface area contributed by atoms with E-state index in [2.05, 4.69) is 17.4 Å². The van der Waals surface area contributed by atoms with Crippen molar-refractivity contribution in [2.75, 3.05) is 19.7 Å². The zero-order chi connectivity index (χ0) is 29.1. The molecule has 1 aliphatic heterocycles. The van der Waals surface area contributed by atoms with E-state index in [9.17, 15) is 19.5 Å². The Balaban J connectivity index is 1.30. The van der Waals surface area contributed by atoms with E-state index in [0.717, 1.165) is 27.8 Å². The number of alkyl carbamates (subject to hydrolysis) is 1. The topological polar surface area (TPSA) is 105 Å². The molecule has 2 unspecified atom stereocenters. The number of rotatable bonds is 9. The number of ether oxygens (including phenoxy) is 2. The summed E-state index contributed by atoms with van der Waals surface area (Å²) in [5.41, 5.74) is 4.29. The van der Waals surface area contributed by atoms with E-state index in [4.69, 9.17) is 9.47 Å². The summed E-state index contributed by atoms with van der Waals surface area (Å²) in [5.74, 6) is -1.71. The van der Waals surface area contributed by atoms with Gasteiger partial charge in [-0.05, 0) is 47.6 Å². The highest BCUT2D eigenvalue weighted by Crippen LogP contribution is 2.44. The Kier molecular flexibility index (Phi) is 8.13. The summed E-state index contributed by atoms with van der Waals surface area (Å²) >= 11 is 0.